The van der Waals surface area contributed by atoms with Gasteiger partial charge in [0.2, 0.25) is 0 Å². The molecule has 0 saturated heterocycles. The van der Waals surface area contributed by atoms with E-state index in [1.807, 2.05) is 30.3 Å². The number of rotatable bonds is 5. The Morgan fingerprint density at radius 3 is 2.07 bits per heavy atom. The van der Waals surface area contributed by atoms with Crippen molar-refractivity contribution in [3.05, 3.63) is 113 Å². The van der Waals surface area contributed by atoms with Crippen LogP contribution in [0, 0.1) is 19.8 Å². The van der Waals surface area contributed by atoms with Gasteiger partial charge in [-0.3, -0.25) is 4.79 Å². The Bertz CT molecular complexity index is 979. The van der Waals surface area contributed by atoms with Crippen LogP contribution in [0.1, 0.15) is 40.2 Å². The molecule has 1 nitrogen and oxygen atoms in total. The average molecular weight is 367 g/mol. The second kappa shape index (κ2) is 7.98. The highest BCUT2D eigenvalue weighted by atomic mass is 16.1. The molecule has 3 aromatic carbocycles. The Morgan fingerprint density at radius 1 is 0.821 bits per heavy atom. The van der Waals surface area contributed by atoms with Crippen LogP contribution >= 0.6 is 0 Å². The molecule has 2 atom stereocenters. The zero-order valence-corrected chi connectivity index (χ0v) is 16.6. The van der Waals surface area contributed by atoms with Gasteiger partial charge in [0.05, 0.1) is 0 Å². The van der Waals surface area contributed by atoms with Gasteiger partial charge >= 0.3 is 0 Å². The minimum atomic E-state index is -0.0702. The Kier molecular flexibility index (Phi) is 5.25. The monoisotopic (exact) mass is 366 g/mol. The topological polar surface area (TPSA) is 17.1 Å². The summed E-state index contributed by atoms with van der Waals surface area (Å²) in [4.78, 5) is 13.3. The van der Waals surface area contributed by atoms with Crippen molar-refractivity contribution in [3.63, 3.8) is 0 Å². The Balaban J connectivity index is 1.65. The number of ketones is 1. The van der Waals surface area contributed by atoms with Crippen LogP contribution in [0.3, 0.4) is 0 Å². The van der Waals surface area contributed by atoms with Gasteiger partial charge in [-0.25, -0.2) is 0 Å². The normalized spacial score (nSPS) is 18.7. The van der Waals surface area contributed by atoms with Crippen molar-refractivity contribution in [1.29, 1.82) is 0 Å². The maximum Gasteiger partial charge on any atom is 0.144 e. The van der Waals surface area contributed by atoms with Crippen LogP contribution in [0.5, 0.6) is 0 Å². The first-order chi connectivity index (χ1) is 13.6. The number of benzene rings is 3. The first-order valence-corrected chi connectivity index (χ1v) is 10.0. The smallest absolute Gasteiger partial charge is 0.144 e. The van der Waals surface area contributed by atoms with Gasteiger partial charge < -0.3 is 0 Å². The summed E-state index contributed by atoms with van der Waals surface area (Å²) in [5.74, 6) is 0.450. The third kappa shape index (κ3) is 3.99. The van der Waals surface area contributed by atoms with Crippen LogP contribution in [0.4, 0.5) is 0 Å². The van der Waals surface area contributed by atoms with E-state index < -0.39 is 0 Å². The molecule has 0 amide bonds. The molecule has 0 saturated carbocycles. The molecule has 1 aliphatic rings. The van der Waals surface area contributed by atoms with E-state index in [0.29, 0.717) is 12.2 Å². The van der Waals surface area contributed by atoms with Crippen LogP contribution in [-0.2, 0) is 11.2 Å². The van der Waals surface area contributed by atoms with Gasteiger partial charge in [-0.15, -0.1) is 0 Å². The molecule has 1 heteroatoms. The van der Waals surface area contributed by atoms with Crippen LogP contribution in [-0.4, -0.2) is 5.78 Å². The highest BCUT2D eigenvalue weighted by Crippen LogP contribution is 2.43. The van der Waals surface area contributed by atoms with E-state index in [1.54, 1.807) is 0 Å². The van der Waals surface area contributed by atoms with E-state index >= 15 is 0 Å². The van der Waals surface area contributed by atoms with E-state index in [2.05, 4.69) is 68.5 Å². The van der Waals surface area contributed by atoms with E-state index in [9.17, 15) is 4.79 Å². The highest BCUT2D eigenvalue weighted by Gasteiger charge is 2.34. The lowest BCUT2D eigenvalue weighted by Gasteiger charge is -2.19. The molecule has 0 radical (unpaired) electrons. The molecule has 140 valence electrons. The summed E-state index contributed by atoms with van der Waals surface area (Å²) in [6.07, 6.45) is 3.63. The molecule has 4 rings (SSSR count). The van der Waals surface area contributed by atoms with Crippen molar-refractivity contribution in [1.82, 2.24) is 0 Å². The zero-order valence-electron chi connectivity index (χ0n) is 16.6. The predicted molar refractivity (Wildman–Crippen MR) is 116 cm³/mol. The summed E-state index contributed by atoms with van der Waals surface area (Å²) in [6, 6.07) is 27.4. The molecule has 0 fully saturated rings. The minimum Gasteiger partial charge on any atom is -0.299 e. The first-order valence-electron chi connectivity index (χ1n) is 10.0. The van der Waals surface area contributed by atoms with E-state index in [1.165, 1.54) is 27.8 Å². The lowest BCUT2D eigenvalue weighted by molar-refractivity contribution is -0.121. The molecule has 0 bridgehead atoms. The van der Waals surface area contributed by atoms with Crippen molar-refractivity contribution < 1.29 is 4.79 Å². The largest absolute Gasteiger partial charge is 0.299 e. The fourth-order valence-corrected chi connectivity index (χ4v) is 4.12. The van der Waals surface area contributed by atoms with Crippen LogP contribution in [0.25, 0.3) is 5.57 Å². The summed E-state index contributed by atoms with van der Waals surface area (Å²) >= 11 is 0. The van der Waals surface area contributed by atoms with Gasteiger partial charge in [0, 0.05) is 18.3 Å². The quantitative estimate of drug-likeness (QED) is 0.518. The van der Waals surface area contributed by atoms with Crippen molar-refractivity contribution >= 4 is 11.4 Å². The lowest BCUT2D eigenvalue weighted by atomic mass is 9.83. The summed E-state index contributed by atoms with van der Waals surface area (Å²) in [5, 5.41) is 0. The third-order valence-corrected chi connectivity index (χ3v) is 5.77. The van der Waals surface area contributed by atoms with Crippen LogP contribution in [0.2, 0.25) is 0 Å². The number of aryl methyl sites for hydroxylation is 2. The number of hydrogen-bond acceptors (Lipinski definition) is 1. The SMILES string of the molecule is Cc1ccc(C2=CC(C(=O)Cc3ccccc3)[C@H](c3ccc(C)cc3)C2)cc1. The Hall–Kier alpha value is -2.93. The maximum atomic E-state index is 13.3. The summed E-state index contributed by atoms with van der Waals surface area (Å²) < 4.78 is 0. The van der Waals surface area contributed by atoms with Gasteiger partial charge in [-0.2, -0.15) is 0 Å². The number of Topliss-reactive ketones (excluding diaryl/α,β-unsaturated/α-hetero) is 1. The Morgan fingerprint density at radius 2 is 1.43 bits per heavy atom. The second-order valence-corrected chi connectivity index (χ2v) is 7.93. The number of carbonyl (C=O) groups is 1. The molecule has 1 unspecified atom stereocenters. The zero-order chi connectivity index (χ0) is 19.5. The third-order valence-electron chi connectivity index (χ3n) is 5.77. The minimum absolute atomic E-state index is 0.0702. The molecule has 0 aromatic heterocycles. The standard InChI is InChI=1S/C27H26O/c1-19-8-12-22(13-9-19)24-17-25(23-14-10-20(2)11-15-23)26(18-24)27(28)16-21-6-4-3-5-7-21/h3-15,18,25-26H,16-17H2,1-2H3/t25-,26?/m0/s1. The van der Waals surface area contributed by atoms with Gasteiger partial charge in [0.15, 0.2) is 0 Å². The number of carbonyl (C=O) groups excluding carboxylic acids is 1. The Labute approximate surface area is 167 Å². The predicted octanol–water partition coefficient (Wildman–Crippen LogP) is 6.30. The van der Waals surface area contributed by atoms with Crippen molar-refractivity contribution in [2.45, 2.75) is 32.6 Å². The molecule has 1 aliphatic carbocycles. The average Bonchev–Trinajstić information content (AvgIpc) is 3.15. The van der Waals surface area contributed by atoms with Crippen molar-refractivity contribution in [3.8, 4) is 0 Å². The fourth-order valence-electron chi connectivity index (χ4n) is 4.12. The summed E-state index contributed by atoms with van der Waals surface area (Å²) in [7, 11) is 0. The van der Waals surface area contributed by atoms with Gasteiger partial charge in [0.25, 0.3) is 0 Å². The van der Waals surface area contributed by atoms with Crippen LogP contribution < -0.4 is 0 Å². The molecule has 28 heavy (non-hydrogen) atoms. The second-order valence-electron chi connectivity index (χ2n) is 7.93. The fraction of sp³-hybridized carbons (Fsp3) is 0.222. The summed E-state index contributed by atoms with van der Waals surface area (Å²) in [6.45, 7) is 4.21. The molecule has 3 aromatic rings. The van der Waals surface area contributed by atoms with Gasteiger partial charge in [0.1, 0.15) is 5.78 Å². The van der Waals surface area contributed by atoms with Crippen molar-refractivity contribution in [2.75, 3.05) is 0 Å². The maximum absolute atomic E-state index is 13.3. The van der Waals surface area contributed by atoms with E-state index in [0.717, 1.165) is 12.0 Å². The van der Waals surface area contributed by atoms with E-state index in [4.69, 9.17) is 0 Å². The van der Waals surface area contributed by atoms with Crippen LogP contribution in [0.15, 0.2) is 84.9 Å². The molecule has 0 aliphatic heterocycles. The number of allylic oxidation sites excluding steroid dienone is 2. The first kappa shape index (κ1) is 18.4. The van der Waals surface area contributed by atoms with Crippen molar-refractivity contribution in [2.24, 2.45) is 5.92 Å². The number of hydrogen-bond donors (Lipinski definition) is 0. The molecular weight excluding hydrogens is 340 g/mol. The molecular formula is C27H26O. The highest BCUT2D eigenvalue weighted by molar-refractivity contribution is 5.90. The molecule has 0 heterocycles. The van der Waals surface area contributed by atoms with Gasteiger partial charge in [-0.05, 0) is 42.5 Å². The van der Waals surface area contributed by atoms with Gasteiger partial charge in [-0.1, -0.05) is 96.1 Å². The molecule has 0 spiro atoms. The van der Waals surface area contributed by atoms with E-state index in [-0.39, 0.29) is 11.8 Å². The molecule has 0 N–H and O–H groups in total. The lowest BCUT2D eigenvalue weighted by Crippen LogP contribution is -2.19. The summed E-state index contributed by atoms with van der Waals surface area (Å²) in [5.41, 5.74) is 7.38.